The lowest BCUT2D eigenvalue weighted by Crippen LogP contribution is -2.34. The third-order valence-corrected chi connectivity index (χ3v) is 4.28. The molecule has 0 aliphatic carbocycles. The summed E-state index contributed by atoms with van der Waals surface area (Å²) in [6, 6.07) is 0. The topological polar surface area (TPSA) is 52.6 Å². The zero-order chi connectivity index (χ0) is 12.3. The van der Waals surface area contributed by atoms with E-state index in [1.165, 1.54) is 0 Å². The van der Waals surface area contributed by atoms with E-state index in [0.717, 1.165) is 39.0 Å². The fraction of sp³-hybridized carbons (Fsp3) is 0.923. The van der Waals surface area contributed by atoms with Gasteiger partial charge in [0.2, 0.25) is 5.91 Å². The summed E-state index contributed by atoms with van der Waals surface area (Å²) in [5, 5.41) is 12.5. The molecule has 17 heavy (non-hydrogen) atoms. The molecule has 2 fully saturated rings. The van der Waals surface area contributed by atoms with Crippen LogP contribution in [0.3, 0.4) is 0 Å². The Hall–Kier alpha value is -0.610. The standard InChI is InChI=1S/C13H24N2O2/c1-10-7-15(8-12(10)9-16)13(17)6-11-2-4-14-5-3-11/h10-12,14,16H,2-9H2,1H3. The van der Waals surface area contributed by atoms with Crippen molar-refractivity contribution in [3.63, 3.8) is 0 Å². The summed E-state index contributed by atoms with van der Waals surface area (Å²) in [7, 11) is 0. The number of nitrogens with one attached hydrogen (secondary N) is 1. The lowest BCUT2D eigenvalue weighted by molar-refractivity contribution is -0.131. The van der Waals surface area contributed by atoms with Crippen molar-refractivity contribution in [3.8, 4) is 0 Å². The molecular weight excluding hydrogens is 216 g/mol. The van der Waals surface area contributed by atoms with Gasteiger partial charge in [0.1, 0.15) is 0 Å². The van der Waals surface area contributed by atoms with Crippen LogP contribution in [0.5, 0.6) is 0 Å². The van der Waals surface area contributed by atoms with Crippen molar-refractivity contribution in [2.75, 3.05) is 32.8 Å². The molecule has 2 atom stereocenters. The van der Waals surface area contributed by atoms with Gasteiger partial charge in [-0.2, -0.15) is 0 Å². The first-order chi connectivity index (χ1) is 8.20. The maximum absolute atomic E-state index is 12.1. The summed E-state index contributed by atoms with van der Waals surface area (Å²) in [4.78, 5) is 14.1. The van der Waals surface area contributed by atoms with Crippen LogP contribution in [0.25, 0.3) is 0 Å². The van der Waals surface area contributed by atoms with E-state index in [2.05, 4.69) is 12.2 Å². The van der Waals surface area contributed by atoms with E-state index < -0.39 is 0 Å². The van der Waals surface area contributed by atoms with Crippen LogP contribution < -0.4 is 5.32 Å². The van der Waals surface area contributed by atoms with Crippen molar-refractivity contribution < 1.29 is 9.90 Å². The molecule has 0 aromatic carbocycles. The highest BCUT2D eigenvalue weighted by Crippen LogP contribution is 2.25. The molecule has 2 aliphatic rings. The molecule has 2 saturated heterocycles. The van der Waals surface area contributed by atoms with Crippen LogP contribution in [0, 0.1) is 17.8 Å². The molecule has 1 amide bonds. The van der Waals surface area contributed by atoms with Crippen LogP contribution in [0.15, 0.2) is 0 Å². The van der Waals surface area contributed by atoms with Crippen LogP contribution >= 0.6 is 0 Å². The first-order valence-electron chi connectivity index (χ1n) is 6.80. The molecule has 2 aliphatic heterocycles. The van der Waals surface area contributed by atoms with Gasteiger partial charge < -0.3 is 15.3 Å². The highest BCUT2D eigenvalue weighted by atomic mass is 16.3. The Balaban J connectivity index is 1.80. The zero-order valence-corrected chi connectivity index (χ0v) is 10.7. The van der Waals surface area contributed by atoms with Crippen molar-refractivity contribution in [1.29, 1.82) is 0 Å². The number of aliphatic hydroxyl groups is 1. The molecule has 4 nitrogen and oxygen atoms in total. The molecule has 0 bridgehead atoms. The van der Waals surface area contributed by atoms with Crippen LogP contribution in [0.2, 0.25) is 0 Å². The maximum Gasteiger partial charge on any atom is 0.222 e. The molecule has 2 rings (SSSR count). The van der Waals surface area contributed by atoms with Crippen molar-refractivity contribution in [2.24, 2.45) is 17.8 Å². The van der Waals surface area contributed by atoms with Crippen LogP contribution in [0.1, 0.15) is 26.2 Å². The molecule has 4 heteroatoms. The second-order valence-electron chi connectivity index (χ2n) is 5.62. The summed E-state index contributed by atoms with van der Waals surface area (Å²) < 4.78 is 0. The molecule has 0 spiro atoms. The molecule has 0 saturated carbocycles. The smallest absolute Gasteiger partial charge is 0.222 e. The average molecular weight is 240 g/mol. The number of hydrogen-bond acceptors (Lipinski definition) is 3. The highest BCUT2D eigenvalue weighted by Gasteiger charge is 2.32. The Morgan fingerprint density at radius 1 is 1.35 bits per heavy atom. The predicted molar refractivity (Wildman–Crippen MR) is 66.5 cm³/mol. The van der Waals surface area contributed by atoms with Gasteiger partial charge in [-0.25, -0.2) is 0 Å². The molecule has 98 valence electrons. The van der Waals surface area contributed by atoms with E-state index in [1.54, 1.807) is 0 Å². The number of carbonyl (C=O) groups is 1. The van der Waals surface area contributed by atoms with E-state index >= 15 is 0 Å². The molecule has 0 radical (unpaired) electrons. The van der Waals surface area contributed by atoms with Crippen molar-refractivity contribution >= 4 is 5.91 Å². The molecule has 0 aromatic heterocycles. The second kappa shape index (κ2) is 5.83. The van der Waals surface area contributed by atoms with E-state index in [-0.39, 0.29) is 12.5 Å². The SMILES string of the molecule is CC1CN(C(=O)CC2CCNCC2)CC1CO. The number of likely N-dealkylation sites (tertiary alicyclic amines) is 1. The van der Waals surface area contributed by atoms with Crippen LogP contribution in [0.4, 0.5) is 0 Å². The lowest BCUT2D eigenvalue weighted by Gasteiger charge is -2.24. The van der Waals surface area contributed by atoms with Gasteiger partial charge in [0.15, 0.2) is 0 Å². The van der Waals surface area contributed by atoms with E-state index in [9.17, 15) is 9.90 Å². The van der Waals surface area contributed by atoms with Gasteiger partial charge in [0.25, 0.3) is 0 Å². The van der Waals surface area contributed by atoms with Gasteiger partial charge in [-0.05, 0) is 37.8 Å². The average Bonchev–Trinajstić information content (AvgIpc) is 2.72. The molecule has 2 unspecified atom stereocenters. The van der Waals surface area contributed by atoms with E-state index in [0.29, 0.717) is 24.2 Å². The minimum atomic E-state index is 0.207. The van der Waals surface area contributed by atoms with Crippen LogP contribution in [-0.2, 0) is 4.79 Å². The number of hydrogen-bond donors (Lipinski definition) is 2. The Bertz CT molecular complexity index is 264. The number of aliphatic hydroxyl groups excluding tert-OH is 1. The van der Waals surface area contributed by atoms with Gasteiger partial charge in [-0.1, -0.05) is 6.92 Å². The van der Waals surface area contributed by atoms with Crippen molar-refractivity contribution in [2.45, 2.75) is 26.2 Å². The van der Waals surface area contributed by atoms with Crippen LogP contribution in [-0.4, -0.2) is 48.7 Å². The summed E-state index contributed by atoms with van der Waals surface area (Å²) in [6.07, 6.45) is 2.95. The number of piperidine rings is 1. The Morgan fingerprint density at radius 3 is 2.65 bits per heavy atom. The fourth-order valence-electron chi connectivity index (χ4n) is 2.94. The Labute approximate surface area is 103 Å². The maximum atomic E-state index is 12.1. The highest BCUT2D eigenvalue weighted by molar-refractivity contribution is 5.76. The monoisotopic (exact) mass is 240 g/mol. The minimum absolute atomic E-state index is 0.207. The Kier molecular flexibility index (Phi) is 4.40. The van der Waals surface area contributed by atoms with Crippen molar-refractivity contribution in [3.05, 3.63) is 0 Å². The molecule has 2 N–H and O–H groups in total. The zero-order valence-electron chi connectivity index (χ0n) is 10.7. The van der Waals surface area contributed by atoms with Gasteiger partial charge in [0, 0.05) is 32.0 Å². The van der Waals surface area contributed by atoms with Gasteiger partial charge in [-0.15, -0.1) is 0 Å². The number of amides is 1. The van der Waals surface area contributed by atoms with Gasteiger partial charge >= 0.3 is 0 Å². The third-order valence-electron chi connectivity index (χ3n) is 4.28. The number of carbonyl (C=O) groups excluding carboxylic acids is 1. The summed E-state index contributed by atoms with van der Waals surface area (Å²) in [5.41, 5.74) is 0. The number of rotatable bonds is 3. The molecule has 0 aromatic rings. The van der Waals surface area contributed by atoms with E-state index in [4.69, 9.17) is 0 Å². The van der Waals surface area contributed by atoms with Gasteiger partial charge in [0.05, 0.1) is 0 Å². The summed E-state index contributed by atoms with van der Waals surface area (Å²) in [6.45, 7) is 6.01. The Morgan fingerprint density at radius 2 is 2.06 bits per heavy atom. The lowest BCUT2D eigenvalue weighted by atomic mass is 9.94. The first kappa shape index (κ1) is 12.8. The number of nitrogens with zero attached hydrogens (tertiary/aromatic N) is 1. The largest absolute Gasteiger partial charge is 0.396 e. The van der Waals surface area contributed by atoms with Gasteiger partial charge in [-0.3, -0.25) is 4.79 Å². The van der Waals surface area contributed by atoms with Crippen molar-refractivity contribution in [1.82, 2.24) is 10.2 Å². The summed E-state index contributed by atoms with van der Waals surface area (Å²) >= 11 is 0. The quantitative estimate of drug-likeness (QED) is 0.753. The molecular formula is C13H24N2O2. The first-order valence-corrected chi connectivity index (χ1v) is 6.80. The minimum Gasteiger partial charge on any atom is -0.396 e. The predicted octanol–water partition coefficient (Wildman–Crippen LogP) is 0.463. The normalized spacial score (nSPS) is 30.8. The fourth-order valence-corrected chi connectivity index (χ4v) is 2.94. The summed E-state index contributed by atoms with van der Waals surface area (Å²) in [5.74, 6) is 1.58. The molecule has 2 heterocycles. The van der Waals surface area contributed by atoms with E-state index in [1.807, 2.05) is 4.90 Å². The third kappa shape index (κ3) is 3.19. The second-order valence-corrected chi connectivity index (χ2v) is 5.62.